The molecule has 0 saturated heterocycles. The van der Waals surface area contributed by atoms with E-state index in [0.717, 1.165) is 19.4 Å². The normalized spacial score (nSPS) is 12.1. The Bertz CT molecular complexity index is 308. The number of alkyl halides is 3. The number of halogens is 4. The zero-order valence-corrected chi connectivity index (χ0v) is 11.3. The van der Waals surface area contributed by atoms with Crippen LogP contribution in [-0.2, 0) is 10.3 Å². The highest BCUT2D eigenvalue weighted by Gasteiger charge is 2.30. The molecule has 0 aliphatic carbocycles. The molecule has 0 atom stereocenters. The van der Waals surface area contributed by atoms with Crippen molar-refractivity contribution in [1.29, 1.82) is 0 Å². The van der Waals surface area contributed by atoms with E-state index >= 15 is 0 Å². The zero-order chi connectivity index (χ0) is 10.8. The number of aromatic nitrogens is 3. The molecule has 1 rings (SSSR count). The van der Waals surface area contributed by atoms with Crippen LogP contribution in [0.5, 0.6) is 0 Å². The molecule has 0 fully saturated rings. The van der Waals surface area contributed by atoms with Crippen LogP contribution < -0.4 is 0 Å². The minimum absolute atomic E-state index is 0.332. The van der Waals surface area contributed by atoms with Crippen molar-refractivity contribution in [2.75, 3.05) is 0 Å². The first-order chi connectivity index (χ1) is 6.46. The quantitative estimate of drug-likeness (QED) is 0.795. The fourth-order valence-electron chi connectivity index (χ4n) is 0.926. The second kappa shape index (κ2) is 5.01. The van der Waals surface area contributed by atoms with Crippen LogP contribution in [0, 0.1) is 0 Å². The van der Waals surface area contributed by atoms with E-state index in [4.69, 9.17) is 34.8 Å². The SMILES string of the molecule is CCCCn1nnc(C(Cl)(Cl)Cl)c1Br. The Hall–Kier alpha value is 0.490. The molecule has 0 radical (unpaired) electrons. The molecule has 3 nitrogen and oxygen atoms in total. The molecule has 1 heterocycles. The standard InChI is InChI=1S/C7H9BrCl3N3/c1-2-3-4-14-6(8)5(12-13-14)7(9,10)11/h2-4H2,1H3. The van der Waals surface area contributed by atoms with Crippen molar-refractivity contribution in [3.05, 3.63) is 10.3 Å². The third kappa shape index (κ3) is 2.99. The molecular weight excluding hydrogens is 312 g/mol. The van der Waals surface area contributed by atoms with Crippen LogP contribution in [0.2, 0.25) is 0 Å². The average molecular weight is 321 g/mol. The van der Waals surface area contributed by atoms with Gasteiger partial charge in [-0.05, 0) is 22.4 Å². The molecular formula is C7H9BrCl3N3. The van der Waals surface area contributed by atoms with Gasteiger partial charge in [-0.3, -0.25) is 0 Å². The van der Waals surface area contributed by atoms with Crippen molar-refractivity contribution < 1.29 is 0 Å². The minimum atomic E-state index is -1.52. The second-order valence-corrected chi connectivity index (χ2v) is 5.84. The van der Waals surface area contributed by atoms with Crippen LogP contribution in [-0.4, -0.2) is 15.0 Å². The number of nitrogens with zero attached hydrogens (tertiary/aromatic N) is 3. The molecule has 1 aromatic rings. The van der Waals surface area contributed by atoms with Gasteiger partial charge in [-0.25, -0.2) is 4.68 Å². The lowest BCUT2D eigenvalue weighted by Crippen LogP contribution is -2.03. The van der Waals surface area contributed by atoms with Gasteiger partial charge in [-0.1, -0.05) is 53.4 Å². The number of hydrogen-bond donors (Lipinski definition) is 0. The summed E-state index contributed by atoms with van der Waals surface area (Å²) in [6.45, 7) is 2.87. The van der Waals surface area contributed by atoms with Crippen molar-refractivity contribution in [2.45, 2.75) is 30.1 Å². The van der Waals surface area contributed by atoms with Gasteiger partial charge < -0.3 is 0 Å². The Balaban J connectivity index is 2.86. The summed E-state index contributed by atoms with van der Waals surface area (Å²) in [6.07, 6.45) is 2.09. The Labute approximate surface area is 106 Å². The van der Waals surface area contributed by atoms with Crippen LogP contribution in [0.4, 0.5) is 0 Å². The summed E-state index contributed by atoms with van der Waals surface area (Å²) < 4.78 is 0.787. The largest absolute Gasteiger partial charge is 0.238 e. The number of aryl methyl sites for hydroxylation is 1. The predicted molar refractivity (Wildman–Crippen MR) is 61.9 cm³/mol. The maximum atomic E-state index is 5.70. The number of unbranched alkanes of at least 4 members (excludes halogenated alkanes) is 1. The van der Waals surface area contributed by atoms with E-state index in [1.54, 1.807) is 4.68 Å². The van der Waals surface area contributed by atoms with Crippen LogP contribution in [0.1, 0.15) is 25.5 Å². The highest BCUT2D eigenvalue weighted by molar-refractivity contribution is 9.10. The van der Waals surface area contributed by atoms with E-state index in [0.29, 0.717) is 10.3 Å². The Morgan fingerprint density at radius 1 is 1.43 bits per heavy atom. The average Bonchev–Trinajstić information content (AvgIpc) is 2.42. The van der Waals surface area contributed by atoms with Crippen molar-refractivity contribution in [1.82, 2.24) is 15.0 Å². The monoisotopic (exact) mass is 319 g/mol. The van der Waals surface area contributed by atoms with Crippen molar-refractivity contribution in [3.63, 3.8) is 0 Å². The molecule has 7 heteroatoms. The van der Waals surface area contributed by atoms with E-state index in [1.807, 2.05) is 0 Å². The smallest absolute Gasteiger partial charge is 0.237 e. The van der Waals surface area contributed by atoms with Gasteiger partial charge in [0.2, 0.25) is 3.79 Å². The van der Waals surface area contributed by atoms with Gasteiger partial charge in [-0.2, -0.15) is 0 Å². The molecule has 14 heavy (non-hydrogen) atoms. The first-order valence-corrected chi connectivity index (χ1v) is 6.05. The van der Waals surface area contributed by atoms with E-state index in [1.165, 1.54) is 0 Å². The Kier molecular flexibility index (Phi) is 4.50. The van der Waals surface area contributed by atoms with Crippen molar-refractivity contribution >= 4 is 50.7 Å². The lowest BCUT2D eigenvalue weighted by molar-refractivity contribution is 0.544. The summed E-state index contributed by atoms with van der Waals surface area (Å²) in [5.41, 5.74) is 0.332. The summed E-state index contributed by atoms with van der Waals surface area (Å²) in [5, 5.41) is 7.70. The second-order valence-electron chi connectivity index (χ2n) is 2.80. The third-order valence-corrected chi connectivity index (χ3v) is 2.99. The van der Waals surface area contributed by atoms with Crippen LogP contribution in [0.25, 0.3) is 0 Å². The first kappa shape index (κ1) is 12.6. The van der Waals surface area contributed by atoms with Crippen molar-refractivity contribution in [3.8, 4) is 0 Å². The summed E-state index contributed by atoms with van der Waals surface area (Å²) in [4.78, 5) is 0. The van der Waals surface area contributed by atoms with Crippen molar-refractivity contribution in [2.24, 2.45) is 0 Å². The Morgan fingerprint density at radius 3 is 2.50 bits per heavy atom. The lowest BCUT2D eigenvalue weighted by atomic mass is 10.3. The van der Waals surface area contributed by atoms with Gasteiger partial charge >= 0.3 is 0 Å². The Morgan fingerprint density at radius 2 is 2.07 bits per heavy atom. The predicted octanol–water partition coefficient (Wildman–Crippen LogP) is 3.67. The first-order valence-electron chi connectivity index (χ1n) is 4.13. The third-order valence-electron chi connectivity index (χ3n) is 1.67. The lowest BCUT2D eigenvalue weighted by Gasteiger charge is -2.07. The molecule has 1 aromatic heterocycles. The van der Waals surface area contributed by atoms with E-state index in [-0.39, 0.29) is 0 Å². The molecule has 0 unspecified atom stereocenters. The number of rotatable bonds is 3. The maximum absolute atomic E-state index is 5.70. The summed E-state index contributed by atoms with van der Waals surface area (Å²) in [5.74, 6) is 0. The summed E-state index contributed by atoms with van der Waals surface area (Å²) in [6, 6.07) is 0. The molecule has 0 aliphatic heterocycles. The van der Waals surface area contributed by atoms with Crippen LogP contribution >= 0.6 is 50.7 Å². The minimum Gasteiger partial charge on any atom is -0.238 e. The molecule has 0 aromatic carbocycles. The van der Waals surface area contributed by atoms with Gasteiger partial charge in [0.1, 0.15) is 10.3 Å². The zero-order valence-electron chi connectivity index (χ0n) is 7.47. The molecule has 0 amide bonds. The molecule has 0 N–H and O–H groups in total. The fraction of sp³-hybridized carbons (Fsp3) is 0.714. The van der Waals surface area contributed by atoms with Gasteiger partial charge in [0.15, 0.2) is 0 Å². The molecule has 0 saturated carbocycles. The van der Waals surface area contributed by atoms with Crippen LogP contribution in [0.15, 0.2) is 4.60 Å². The highest BCUT2D eigenvalue weighted by Crippen LogP contribution is 2.40. The maximum Gasteiger partial charge on any atom is 0.237 e. The molecule has 0 bridgehead atoms. The number of hydrogen-bond acceptors (Lipinski definition) is 2. The molecule has 80 valence electrons. The topological polar surface area (TPSA) is 30.7 Å². The van der Waals surface area contributed by atoms with E-state index in [9.17, 15) is 0 Å². The summed E-state index contributed by atoms with van der Waals surface area (Å²) in [7, 11) is 0. The summed E-state index contributed by atoms with van der Waals surface area (Å²) >= 11 is 20.4. The van der Waals surface area contributed by atoms with Gasteiger partial charge in [-0.15, -0.1) is 5.10 Å². The van der Waals surface area contributed by atoms with Gasteiger partial charge in [0.05, 0.1) is 0 Å². The highest BCUT2D eigenvalue weighted by atomic mass is 79.9. The van der Waals surface area contributed by atoms with Crippen LogP contribution in [0.3, 0.4) is 0 Å². The van der Waals surface area contributed by atoms with E-state index < -0.39 is 3.79 Å². The van der Waals surface area contributed by atoms with Gasteiger partial charge in [0, 0.05) is 6.54 Å². The van der Waals surface area contributed by atoms with E-state index in [2.05, 4.69) is 33.2 Å². The fourth-order valence-corrected chi connectivity index (χ4v) is 2.28. The molecule has 0 aliphatic rings. The molecule has 0 spiro atoms. The van der Waals surface area contributed by atoms with Gasteiger partial charge in [0.25, 0.3) is 0 Å².